The number of nitriles is 1. The Morgan fingerprint density at radius 3 is 2.95 bits per heavy atom. The van der Waals surface area contributed by atoms with E-state index < -0.39 is 11.7 Å². The van der Waals surface area contributed by atoms with Gasteiger partial charge in [-0.25, -0.2) is 9.37 Å². The van der Waals surface area contributed by atoms with Gasteiger partial charge in [-0.3, -0.25) is 4.79 Å². The van der Waals surface area contributed by atoms with E-state index >= 15 is 0 Å². The van der Waals surface area contributed by atoms with Crippen molar-refractivity contribution in [3.8, 4) is 6.07 Å². The Kier molecular flexibility index (Phi) is 3.97. The summed E-state index contributed by atoms with van der Waals surface area (Å²) in [7, 11) is 0. The van der Waals surface area contributed by atoms with Crippen LogP contribution in [0.4, 0.5) is 10.1 Å². The van der Waals surface area contributed by atoms with E-state index in [0.29, 0.717) is 11.3 Å². The van der Waals surface area contributed by atoms with Crippen molar-refractivity contribution >= 4 is 23.2 Å². The van der Waals surface area contributed by atoms with Crippen LogP contribution in [0.15, 0.2) is 30.5 Å². The molecule has 100 valence electrons. The Morgan fingerprint density at radius 1 is 1.50 bits per heavy atom. The van der Waals surface area contributed by atoms with Gasteiger partial charge in [0.25, 0.3) is 5.91 Å². The molecule has 0 fully saturated rings. The number of nitrogens with one attached hydrogen (secondary N) is 1. The summed E-state index contributed by atoms with van der Waals surface area (Å²) < 4.78 is 13.1. The number of benzene rings is 1. The maximum absolute atomic E-state index is 13.1. The Labute approximate surface area is 119 Å². The predicted octanol–water partition coefficient (Wildman–Crippen LogP) is 3.31. The van der Waals surface area contributed by atoms with E-state index in [0.717, 1.165) is 17.8 Å². The van der Waals surface area contributed by atoms with E-state index in [-0.39, 0.29) is 10.7 Å². The lowest BCUT2D eigenvalue weighted by Crippen LogP contribution is -2.14. The number of nitrogens with zero attached hydrogens (tertiary/aromatic N) is 2. The number of carbonyl (C=O) groups is 1. The highest BCUT2D eigenvalue weighted by Crippen LogP contribution is 2.21. The summed E-state index contributed by atoms with van der Waals surface area (Å²) in [5.41, 5.74) is 1.34. The topological polar surface area (TPSA) is 65.8 Å². The molecule has 4 nitrogen and oxygen atoms in total. The monoisotopic (exact) mass is 289 g/mol. The molecular formula is C14H9ClFN3O. The van der Waals surface area contributed by atoms with Gasteiger partial charge >= 0.3 is 0 Å². The highest BCUT2D eigenvalue weighted by Gasteiger charge is 2.15. The van der Waals surface area contributed by atoms with Gasteiger partial charge in [-0.05, 0) is 24.6 Å². The lowest BCUT2D eigenvalue weighted by atomic mass is 10.1. The third kappa shape index (κ3) is 2.76. The lowest BCUT2D eigenvalue weighted by molar-refractivity contribution is 0.102. The van der Waals surface area contributed by atoms with Gasteiger partial charge in [0.05, 0.1) is 23.0 Å². The number of pyridine rings is 1. The van der Waals surface area contributed by atoms with Gasteiger partial charge in [0.15, 0.2) is 0 Å². The first kappa shape index (κ1) is 14.0. The summed E-state index contributed by atoms with van der Waals surface area (Å²) in [5, 5.41) is 11.5. The average Bonchev–Trinajstić information content (AvgIpc) is 2.41. The second-order valence-electron chi connectivity index (χ2n) is 4.06. The molecule has 1 aromatic carbocycles. The number of anilines is 1. The van der Waals surface area contributed by atoms with Crippen molar-refractivity contribution in [1.29, 1.82) is 5.26 Å². The average molecular weight is 290 g/mol. The molecule has 1 heterocycles. The van der Waals surface area contributed by atoms with Gasteiger partial charge in [0.2, 0.25) is 0 Å². The van der Waals surface area contributed by atoms with Crippen LogP contribution in [-0.2, 0) is 0 Å². The maximum Gasteiger partial charge on any atom is 0.258 e. The number of hydrogen-bond donors (Lipinski definition) is 1. The number of amides is 1. The predicted molar refractivity (Wildman–Crippen MR) is 73.1 cm³/mol. The molecule has 0 saturated heterocycles. The molecule has 0 aliphatic rings. The Bertz CT molecular complexity index is 725. The van der Waals surface area contributed by atoms with Crippen molar-refractivity contribution in [2.24, 2.45) is 0 Å². The molecule has 1 aromatic heterocycles. The minimum atomic E-state index is -0.663. The van der Waals surface area contributed by atoms with Crippen LogP contribution in [0.2, 0.25) is 5.15 Å². The summed E-state index contributed by atoms with van der Waals surface area (Å²) in [4.78, 5) is 15.6. The number of halogens is 2. The number of rotatable bonds is 2. The van der Waals surface area contributed by atoms with Crippen LogP contribution in [0.3, 0.4) is 0 Å². The third-order valence-electron chi connectivity index (χ3n) is 2.68. The van der Waals surface area contributed by atoms with Crippen molar-refractivity contribution in [3.05, 3.63) is 58.1 Å². The largest absolute Gasteiger partial charge is 0.321 e. The first-order chi connectivity index (χ1) is 9.52. The van der Waals surface area contributed by atoms with Crippen molar-refractivity contribution in [3.63, 3.8) is 0 Å². The number of aromatic nitrogens is 1. The molecule has 0 aliphatic heterocycles. The van der Waals surface area contributed by atoms with Gasteiger partial charge < -0.3 is 5.32 Å². The minimum absolute atomic E-state index is 0.0861. The summed E-state index contributed by atoms with van der Waals surface area (Å²) in [5.74, 6) is -1.28. The van der Waals surface area contributed by atoms with Crippen molar-refractivity contribution < 1.29 is 9.18 Å². The second-order valence-corrected chi connectivity index (χ2v) is 4.41. The summed E-state index contributed by atoms with van der Waals surface area (Å²) >= 11 is 5.76. The minimum Gasteiger partial charge on any atom is -0.321 e. The van der Waals surface area contributed by atoms with Crippen LogP contribution < -0.4 is 5.32 Å². The van der Waals surface area contributed by atoms with E-state index in [1.165, 1.54) is 0 Å². The Hall–Kier alpha value is -2.45. The van der Waals surface area contributed by atoms with Gasteiger partial charge in [-0.2, -0.15) is 5.26 Å². The molecule has 6 heteroatoms. The van der Waals surface area contributed by atoms with Crippen LogP contribution in [0.1, 0.15) is 21.5 Å². The first-order valence-corrected chi connectivity index (χ1v) is 6.03. The van der Waals surface area contributed by atoms with E-state index in [9.17, 15) is 9.18 Å². The SMILES string of the molecule is Cc1cccc(NC(=O)c2cc(F)cnc2Cl)c1C#N. The molecule has 20 heavy (non-hydrogen) atoms. The number of carbonyl (C=O) groups excluding carboxylic acids is 1. The van der Waals surface area contributed by atoms with Crippen LogP contribution >= 0.6 is 11.6 Å². The molecule has 1 N–H and O–H groups in total. The molecule has 0 aliphatic carbocycles. The highest BCUT2D eigenvalue weighted by molar-refractivity contribution is 6.33. The zero-order chi connectivity index (χ0) is 14.7. The molecule has 0 bridgehead atoms. The quantitative estimate of drug-likeness (QED) is 0.863. The lowest BCUT2D eigenvalue weighted by Gasteiger charge is -2.09. The van der Waals surface area contributed by atoms with Crippen molar-refractivity contribution in [1.82, 2.24) is 4.98 Å². The molecule has 0 radical (unpaired) electrons. The third-order valence-corrected chi connectivity index (χ3v) is 2.98. The smallest absolute Gasteiger partial charge is 0.258 e. The fraction of sp³-hybridized carbons (Fsp3) is 0.0714. The first-order valence-electron chi connectivity index (χ1n) is 5.65. The van der Waals surface area contributed by atoms with E-state index in [1.54, 1.807) is 25.1 Å². The zero-order valence-corrected chi connectivity index (χ0v) is 11.2. The highest BCUT2D eigenvalue weighted by atomic mass is 35.5. The van der Waals surface area contributed by atoms with Gasteiger partial charge in [-0.1, -0.05) is 23.7 Å². The Morgan fingerprint density at radius 2 is 2.25 bits per heavy atom. The zero-order valence-electron chi connectivity index (χ0n) is 10.4. The van der Waals surface area contributed by atoms with Crippen molar-refractivity contribution in [2.75, 3.05) is 5.32 Å². The van der Waals surface area contributed by atoms with Gasteiger partial charge in [0, 0.05) is 0 Å². The molecule has 0 spiro atoms. The molecular weight excluding hydrogens is 281 g/mol. The van der Waals surface area contributed by atoms with E-state index in [4.69, 9.17) is 16.9 Å². The molecule has 0 unspecified atom stereocenters. The van der Waals surface area contributed by atoms with E-state index in [2.05, 4.69) is 10.3 Å². The normalized spacial score (nSPS) is 9.90. The standard InChI is InChI=1S/C14H9ClFN3O/c1-8-3-2-4-12(11(8)6-17)19-14(20)10-5-9(16)7-18-13(10)15/h2-5,7H,1H3,(H,19,20). The number of aryl methyl sites for hydroxylation is 1. The fourth-order valence-electron chi connectivity index (χ4n) is 1.69. The molecule has 2 rings (SSSR count). The Balaban J connectivity index is 2.36. The maximum atomic E-state index is 13.1. The summed E-state index contributed by atoms with van der Waals surface area (Å²) in [6.45, 7) is 1.75. The van der Waals surface area contributed by atoms with Crippen LogP contribution in [-0.4, -0.2) is 10.9 Å². The molecule has 0 saturated carbocycles. The fourth-order valence-corrected chi connectivity index (χ4v) is 1.88. The van der Waals surface area contributed by atoms with Gasteiger partial charge in [0.1, 0.15) is 17.0 Å². The van der Waals surface area contributed by atoms with Crippen LogP contribution in [0, 0.1) is 24.1 Å². The van der Waals surface area contributed by atoms with E-state index in [1.807, 2.05) is 6.07 Å². The van der Waals surface area contributed by atoms with Crippen LogP contribution in [0.25, 0.3) is 0 Å². The molecule has 1 amide bonds. The second kappa shape index (κ2) is 5.68. The molecule has 2 aromatic rings. The summed E-state index contributed by atoms with van der Waals surface area (Å²) in [6.07, 6.45) is 0.923. The molecule has 0 atom stereocenters. The summed E-state index contributed by atoms with van der Waals surface area (Å²) in [6, 6.07) is 8.05. The van der Waals surface area contributed by atoms with Crippen LogP contribution in [0.5, 0.6) is 0 Å². The number of hydrogen-bond acceptors (Lipinski definition) is 3. The van der Waals surface area contributed by atoms with Gasteiger partial charge in [-0.15, -0.1) is 0 Å². The van der Waals surface area contributed by atoms with Crippen molar-refractivity contribution in [2.45, 2.75) is 6.92 Å².